The van der Waals surface area contributed by atoms with Crippen molar-refractivity contribution in [3.8, 4) is 17.2 Å². The Balaban J connectivity index is 1.92. The van der Waals surface area contributed by atoms with E-state index >= 15 is 0 Å². The monoisotopic (exact) mass is 612 g/mol. The van der Waals surface area contributed by atoms with Crippen LogP contribution in [0.2, 0.25) is 5.02 Å². The van der Waals surface area contributed by atoms with Crippen molar-refractivity contribution < 1.29 is 14.3 Å². The highest BCUT2D eigenvalue weighted by Crippen LogP contribution is 2.37. The Morgan fingerprint density at radius 2 is 1.77 bits per heavy atom. The van der Waals surface area contributed by atoms with Crippen LogP contribution in [0.25, 0.3) is 16.6 Å². The Kier molecular flexibility index (Phi) is 8.82. The van der Waals surface area contributed by atoms with Gasteiger partial charge < -0.3 is 19.7 Å². The van der Waals surface area contributed by atoms with E-state index in [1.54, 1.807) is 73.7 Å². The third-order valence-electron chi connectivity index (χ3n) is 6.25. The second kappa shape index (κ2) is 12.1. The molecule has 0 saturated carbocycles. The summed E-state index contributed by atoms with van der Waals surface area (Å²) in [6, 6.07) is 16.6. The summed E-state index contributed by atoms with van der Waals surface area (Å²) >= 11 is 9.63. The lowest BCUT2D eigenvalue weighted by Crippen LogP contribution is -2.41. The number of amides is 2. The molecule has 204 valence electrons. The molecule has 0 saturated heterocycles. The van der Waals surface area contributed by atoms with Gasteiger partial charge in [-0.3, -0.25) is 9.36 Å². The fraction of sp³-hybridized carbons (Fsp3) is 0.276. The number of carbonyl (C=O) groups excluding carboxylic acids is 1. The highest BCUT2D eigenvalue weighted by atomic mass is 79.9. The molecule has 8 nitrogen and oxygen atoms in total. The number of benzene rings is 3. The first-order chi connectivity index (χ1) is 18.6. The first-order valence-electron chi connectivity index (χ1n) is 12.4. The van der Waals surface area contributed by atoms with Crippen LogP contribution in [-0.4, -0.2) is 41.2 Å². The van der Waals surface area contributed by atoms with Crippen molar-refractivity contribution >= 4 is 50.2 Å². The van der Waals surface area contributed by atoms with E-state index in [4.69, 9.17) is 26.1 Å². The second-order valence-corrected chi connectivity index (χ2v) is 10.7. The zero-order valence-electron chi connectivity index (χ0n) is 22.4. The molecule has 0 spiro atoms. The fourth-order valence-corrected chi connectivity index (χ4v) is 5.02. The Labute approximate surface area is 240 Å². The first-order valence-corrected chi connectivity index (χ1v) is 13.6. The third kappa shape index (κ3) is 6.04. The number of methoxy groups -OCH3 is 2. The molecule has 0 fully saturated rings. The van der Waals surface area contributed by atoms with Crippen molar-refractivity contribution in [3.05, 3.63) is 86.3 Å². The van der Waals surface area contributed by atoms with Gasteiger partial charge in [0.1, 0.15) is 17.3 Å². The summed E-state index contributed by atoms with van der Waals surface area (Å²) in [5, 5.41) is 3.97. The van der Waals surface area contributed by atoms with Gasteiger partial charge in [-0.1, -0.05) is 37.6 Å². The second-order valence-electron chi connectivity index (χ2n) is 9.45. The van der Waals surface area contributed by atoms with Crippen LogP contribution in [0.5, 0.6) is 11.5 Å². The van der Waals surface area contributed by atoms with Gasteiger partial charge >= 0.3 is 6.03 Å². The smallest absolute Gasteiger partial charge is 0.322 e. The molecular formula is C29H30BrClN4O4. The number of ether oxygens (including phenoxy) is 2. The van der Waals surface area contributed by atoms with Crippen molar-refractivity contribution in [2.75, 3.05) is 26.1 Å². The van der Waals surface area contributed by atoms with Crippen LogP contribution in [0.4, 0.5) is 10.5 Å². The van der Waals surface area contributed by atoms with Crippen LogP contribution in [0, 0.1) is 5.92 Å². The van der Waals surface area contributed by atoms with Crippen molar-refractivity contribution in [2.24, 2.45) is 5.92 Å². The van der Waals surface area contributed by atoms with E-state index in [2.05, 4.69) is 21.2 Å². The summed E-state index contributed by atoms with van der Waals surface area (Å²) in [5.41, 5.74) is 1.35. The Hall–Kier alpha value is -3.56. The fourth-order valence-electron chi connectivity index (χ4n) is 4.33. The summed E-state index contributed by atoms with van der Waals surface area (Å²) in [7, 11) is 3.09. The van der Waals surface area contributed by atoms with Gasteiger partial charge in [0.2, 0.25) is 0 Å². The summed E-state index contributed by atoms with van der Waals surface area (Å²) in [5.74, 6) is 1.53. The largest absolute Gasteiger partial charge is 0.497 e. The number of para-hydroxylation sites is 1. The minimum Gasteiger partial charge on any atom is -0.497 e. The van der Waals surface area contributed by atoms with Crippen molar-refractivity contribution in [2.45, 2.75) is 26.8 Å². The molecule has 3 aromatic carbocycles. The summed E-state index contributed by atoms with van der Waals surface area (Å²) in [6.07, 6.45) is 0. The highest BCUT2D eigenvalue weighted by molar-refractivity contribution is 9.10. The number of nitrogens with one attached hydrogen (secondary N) is 1. The number of fused-ring (bicyclic) bond motifs is 1. The lowest BCUT2D eigenvalue weighted by molar-refractivity contribution is 0.179. The number of aromatic nitrogens is 2. The van der Waals surface area contributed by atoms with E-state index in [1.165, 1.54) is 4.57 Å². The maximum atomic E-state index is 14.0. The molecule has 1 unspecified atom stereocenters. The number of halogens is 2. The van der Waals surface area contributed by atoms with E-state index in [9.17, 15) is 9.59 Å². The van der Waals surface area contributed by atoms with E-state index < -0.39 is 6.04 Å². The van der Waals surface area contributed by atoms with Crippen LogP contribution in [0.3, 0.4) is 0 Å². The van der Waals surface area contributed by atoms with Crippen LogP contribution >= 0.6 is 27.5 Å². The lowest BCUT2D eigenvalue weighted by Gasteiger charge is -2.32. The van der Waals surface area contributed by atoms with Crippen LogP contribution in [0.15, 0.2) is 69.9 Å². The van der Waals surface area contributed by atoms with Crippen LogP contribution < -0.4 is 20.3 Å². The first kappa shape index (κ1) is 28.4. The number of hydrogen-bond acceptors (Lipinski definition) is 5. The van der Waals surface area contributed by atoms with Gasteiger partial charge in [0.15, 0.2) is 0 Å². The topological polar surface area (TPSA) is 85.7 Å². The quantitative estimate of drug-likeness (QED) is 0.230. The van der Waals surface area contributed by atoms with Crippen LogP contribution in [-0.2, 0) is 0 Å². The number of hydrogen-bond donors (Lipinski definition) is 1. The third-order valence-corrected chi connectivity index (χ3v) is 7.30. The predicted molar refractivity (Wildman–Crippen MR) is 159 cm³/mol. The van der Waals surface area contributed by atoms with Crippen LogP contribution in [0.1, 0.15) is 32.6 Å². The Morgan fingerprint density at radius 1 is 1.08 bits per heavy atom. The van der Waals surface area contributed by atoms with E-state index in [0.29, 0.717) is 55.6 Å². The predicted octanol–water partition coefficient (Wildman–Crippen LogP) is 7.07. The van der Waals surface area contributed by atoms with Crippen molar-refractivity contribution in [3.63, 3.8) is 0 Å². The molecule has 0 bridgehead atoms. The maximum absolute atomic E-state index is 14.0. The van der Waals surface area contributed by atoms with Gasteiger partial charge in [0.25, 0.3) is 5.56 Å². The van der Waals surface area contributed by atoms with Gasteiger partial charge in [-0.25, -0.2) is 9.78 Å². The zero-order valence-corrected chi connectivity index (χ0v) is 24.7. The molecule has 2 amide bonds. The minimum absolute atomic E-state index is 0.146. The molecule has 0 aliphatic rings. The molecular weight excluding hydrogens is 584 g/mol. The number of carbonyl (C=O) groups is 1. The van der Waals surface area contributed by atoms with Gasteiger partial charge in [0.05, 0.1) is 41.3 Å². The van der Waals surface area contributed by atoms with Crippen molar-refractivity contribution in [1.29, 1.82) is 0 Å². The van der Waals surface area contributed by atoms with Crippen molar-refractivity contribution in [1.82, 2.24) is 14.5 Å². The molecule has 4 rings (SSSR count). The molecule has 1 aromatic heterocycles. The lowest BCUT2D eigenvalue weighted by atomic mass is 10.1. The number of nitrogens with zero attached hydrogens (tertiary/aromatic N) is 3. The van der Waals surface area contributed by atoms with Gasteiger partial charge in [0, 0.05) is 29.4 Å². The SMILES string of the molecule is COc1cc(OC)c(Br)c(-n2c(C(C)N(CC(C)C)C(=O)Nc3ccc(Cl)cc3)nc3ccccc3c2=O)c1. The summed E-state index contributed by atoms with van der Waals surface area (Å²) < 4.78 is 13.1. The highest BCUT2D eigenvalue weighted by Gasteiger charge is 2.29. The minimum atomic E-state index is -0.596. The number of urea groups is 1. The summed E-state index contributed by atoms with van der Waals surface area (Å²) in [4.78, 5) is 34.3. The molecule has 0 aliphatic heterocycles. The molecule has 39 heavy (non-hydrogen) atoms. The molecule has 4 aromatic rings. The normalized spacial score (nSPS) is 11.9. The molecule has 0 radical (unpaired) electrons. The van der Waals surface area contributed by atoms with E-state index in [-0.39, 0.29) is 17.5 Å². The standard InChI is InChI=1S/C29H30BrClN4O4/c1-17(2)16-34(29(37)32-20-12-10-19(31)11-13-20)18(3)27-33-23-9-7-6-8-22(23)28(36)35(27)24-14-21(38-4)15-25(39-5)26(24)30/h6-15,17-18H,16H2,1-5H3,(H,32,37). The van der Waals surface area contributed by atoms with Gasteiger partial charge in [-0.2, -0.15) is 0 Å². The molecule has 10 heteroatoms. The Morgan fingerprint density at radius 3 is 2.41 bits per heavy atom. The Bertz CT molecular complexity index is 1560. The molecule has 1 N–H and O–H groups in total. The van der Waals surface area contributed by atoms with Gasteiger partial charge in [-0.05, 0) is 65.2 Å². The maximum Gasteiger partial charge on any atom is 0.322 e. The van der Waals surface area contributed by atoms with E-state index in [0.717, 1.165) is 0 Å². The van der Waals surface area contributed by atoms with Gasteiger partial charge in [-0.15, -0.1) is 0 Å². The molecule has 1 heterocycles. The zero-order chi connectivity index (χ0) is 28.3. The number of anilines is 1. The summed E-state index contributed by atoms with van der Waals surface area (Å²) in [6.45, 7) is 6.34. The molecule has 0 aliphatic carbocycles. The number of rotatable bonds is 8. The van der Waals surface area contributed by atoms with E-state index in [1.807, 2.05) is 26.8 Å². The average Bonchev–Trinajstić information content (AvgIpc) is 2.93. The average molecular weight is 614 g/mol. The molecule has 1 atom stereocenters.